The molecule has 7 heteroatoms. The maximum absolute atomic E-state index is 12.7. The zero-order chi connectivity index (χ0) is 19.9. The number of benzene rings is 2. The molecule has 146 valence electrons. The largest absolute Gasteiger partial charge is 0.376 e. The Bertz CT molecular complexity index is 878. The molecular formula is C21H20Cl2N2O3. The van der Waals surface area contributed by atoms with Crippen molar-refractivity contribution in [3.8, 4) is 0 Å². The third-order valence-corrected chi connectivity index (χ3v) is 4.84. The van der Waals surface area contributed by atoms with Gasteiger partial charge in [0.05, 0.1) is 16.7 Å². The van der Waals surface area contributed by atoms with Gasteiger partial charge in [-0.05, 0) is 42.7 Å². The summed E-state index contributed by atoms with van der Waals surface area (Å²) >= 11 is 12.0. The molecule has 1 aliphatic heterocycles. The highest BCUT2D eigenvalue weighted by Crippen LogP contribution is 2.21. The Morgan fingerprint density at radius 2 is 1.93 bits per heavy atom. The highest BCUT2D eigenvalue weighted by atomic mass is 35.5. The zero-order valence-electron chi connectivity index (χ0n) is 15.1. The number of halogens is 2. The van der Waals surface area contributed by atoms with Gasteiger partial charge in [0, 0.05) is 18.2 Å². The first-order valence-corrected chi connectivity index (χ1v) is 9.71. The van der Waals surface area contributed by atoms with Gasteiger partial charge in [0.15, 0.2) is 0 Å². The maximum atomic E-state index is 12.7. The predicted octanol–water partition coefficient (Wildman–Crippen LogP) is 4.06. The summed E-state index contributed by atoms with van der Waals surface area (Å²) in [5.74, 6) is -0.881. The molecule has 0 saturated carbocycles. The van der Waals surface area contributed by atoms with Crippen LogP contribution in [0.2, 0.25) is 10.0 Å². The molecule has 3 rings (SSSR count). The number of carbonyl (C=O) groups excluding carboxylic acids is 2. The Hall–Kier alpha value is -2.34. The predicted molar refractivity (Wildman–Crippen MR) is 110 cm³/mol. The topological polar surface area (TPSA) is 67.4 Å². The Labute approximate surface area is 173 Å². The van der Waals surface area contributed by atoms with Gasteiger partial charge in [-0.2, -0.15) is 0 Å². The summed E-state index contributed by atoms with van der Waals surface area (Å²) in [5.41, 5.74) is 1.14. The minimum atomic E-state index is -0.490. The molecule has 1 aliphatic rings. The fourth-order valence-corrected chi connectivity index (χ4v) is 3.34. The lowest BCUT2D eigenvalue weighted by atomic mass is 10.1. The van der Waals surface area contributed by atoms with E-state index in [1.54, 1.807) is 12.1 Å². The van der Waals surface area contributed by atoms with E-state index < -0.39 is 11.8 Å². The van der Waals surface area contributed by atoms with Crippen molar-refractivity contribution in [2.45, 2.75) is 18.9 Å². The number of hydrogen-bond acceptors (Lipinski definition) is 3. The van der Waals surface area contributed by atoms with Crippen LogP contribution in [-0.2, 0) is 9.53 Å². The Balaban J connectivity index is 1.78. The number of carbonyl (C=O) groups is 2. The van der Waals surface area contributed by atoms with E-state index in [4.69, 9.17) is 27.9 Å². The van der Waals surface area contributed by atoms with Crippen LogP contribution in [0.5, 0.6) is 0 Å². The van der Waals surface area contributed by atoms with Crippen molar-refractivity contribution in [1.29, 1.82) is 0 Å². The Morgan fingerprint density at radius 3 is 2.61 bits per heavy atom. The minimum Gasteiger partial charge on any atom is -0.376 e. The van der Waals surface area contributed by atoms with E-state index in [1.807, 2.05) is 30.3 Å². The fourth-order valence-electron chi connectivity index (χ4n) is 2.84. The molecule has 1 fully saturated rings. The third kappa shape index (κ3) is 5.58. The van der Waals surface area contributed by atoms with Crippen LogP contribution in [0.4, 0.5) is 0 Å². The van der Waals surface area contributed by atoms with Gasteiger partial charge in [-0.25, -0.2) is 0 Å². The zero-order valence-corrected chi connectivity index (χ0v) is 16.6. The van der Waals surface area contributed by atoms with E-state index in [0.29, 0.717) is 18.2 Å². The number of rotatable bonds is 6. The van der Waals surface area contributed by atoms with Crippen LogP contribution in [0.1, 0.15) is 28.8 Å². The van der Waals surface area contributed by atoms with Crippen LogP contribution in [0.25, 0.3) is 6.08 Å². The summed E-state index contributed by atoms with van der Waals surface area (Å²) in [6.45, 7) is 1.10. The Morgan fingerprint density at radius 1 is 1.14 bits per heavy atom. The molecule has 0 aromatic heterocycles. The van der Waals surface area contributed by atoms with E-state index in [1.165, 1.54) is 12.1 Å². The third-order valence-electron chi connectivity index (χ3n) is 4.29. The van der Waals surface area contributed by atoms with Crippen LogP contribution >= 0.6 is 23.2 Å². The molecule has 2 N–H and O–H groups in total. The van der Waals surface area contributed by atoms with Gasteiger partial charge in [0.25, 0.3) is 11.8 Å². The molecule has 2 aromatic rings. The van der Waals surface area contributed by atoms with Crippen molar-refractivity contribution in [3.05, 3.63) is 75.4 Å². The van der Waals surface area contributed by atoms with Crippen molar-refractivity contribution in [2.75, 3.05) is 13.2 Å². The van der Waals surface area contributed by atoms with E-state index in [2.05, 4.69) is 10.6 Å². The van der Waals surface area contributed by atoms with E-state index in [9.17, 15) is 9.59 Å². The number of nitrogens with one attached hydrogen (secondary N) is 2. The normalized spacial score (nSPS) is 16.6. The summed E-state index contributed by atoms with van der Waals surface area (Å²) in [4.78, 5) is 25.4. The second kappa shape index (κ2) is 9.73. The first-order valence-electron chi connectivity index (χ1n) is 8.96. The quantitative estimate of drug-likeness (QED) is 0.694. The molecule has 1 saturated heterocycles. The van der Waals surface area contributed by atoms with E-state index in [0.717, 1.165) is 18.4 Å². The number of amides is 2. The molecule has 0 bridgehead atoms. The van der Waals surface area contributed by atoms with Crippen LogP contribution in [0.15, 0.2) is 54.2 Å². The van der Waals surface area contributed by atoms with Crippen LogP contribution in [0, 0.1) is 0 Å². The molecule has 1 heterocycles. The van der Waals surface area contributed by atoms with Crippen LogP contribution < -0.4 is 10.6 Å². The highest BCUT2D eigenvalue weighted by molar-refractivity contribution is 6.36. The first-order chi connectivity index (χ1) is 13.5. The van der Waals surface area contributed by atoms with Gasteiger partial charge in [0.1, 0.15) is 5.70 Å². The lowest BCUT2D eigenvalue weighted by molar-refractivity contribution is -0.118. The monoisotopic (exact) mass is 418 g/mol. The van der Waals surface area contributed by atoms with E-state index >= 15 is 0 Å². The summed E-state index contributed by atoms with van der Waals surface area (Å²) in [6, 6.07) is 13.8. The van der Waals surface area contributed by atoms with Crippen LogP contribution in [-0.4, -0.2) is 31.1 Å². The van der Waals surface area contributed by atoms with Crippen molar-refractivity contribution >= 4 is 41.1 Å². The summed E-state index contributed by atoms with van der Waals surface area (Å²) in [7, 11) is 0. The molecule has 2 amide bonds. The molecular weight excluding hydrogens is 399 g/mol. The van der Waals surface area contributed by atoms with Gasteiger partial charge < -0.3 is 15.4 Å². The van der Waals surface area contributed by atoms with Crippen molar-refractivity contribution in [3.63, 3.8) is 0 Å². The lowest BCUT2D eigenvalue weighted by Gasteiger charge is -2.14. The lowest BCUT2D eigenvalue weighted by Crippen LogP contribution is -2.38. The van der Waals surface area contributed by atoms with Gasteiger partial charge in [-0.3, -0.25) is 9.59 Å². The molecule has 5 nitrogen and oxygen atoms in total. The molecule has 28 heavy (non-hydrogen) atoms. The van der Waals surface area contributed by atoms with Crippen molar-refractivity contribution in [1.82, 2.24) is 10.6 Å². The average molecular weight is 419 g/mol. The smallest absolute Gasteiger partial charge is 0.267 e. The molecule has 0 aliphatic carbocycles. The summed E-state index contributed by atoms with van der Waals surface area (Å²) in [5, 5.41) is 6.12. The van der Waals surface area contributed by atoms with Gasteiger partial charge in [-0.15, -0.1) is 0 Å². The minimum absolute atomic E-state index is 0.00309. The summed E-state index contributed by atoms with van der Waals surface area (Å²) < 4.78 is 5.53. The second-order valence-electron chi connectivity index (χ2n) is 6.39. The number of ether oxygens (including phenoxy) is 1. The first kappa shape index (κ1) is 20.4. The van der Waals surface area contributed by atoms with Crippen molar-refractivity contribution in [2.24, 2.45) is 0 Å². The van der Waals surface area contributed by atoms with Gasteiger partial charge >= 0.3 is 0 Å². The second-order valence-corrected chi connectivity index (χ2v) is 7.24. The average Bonchev–Trinajstić information content (AvgIpc) is 3.20. The Kier molecular flexibility index (Phi) is 7.09. The van der Waals surface area contributed by atoms with Crippen molar-refractivity contribution < 1.29 is 14.3 Å². The van der Waals surface area contributed by atoms with Gasteiger partial charge in [-0.1, -0.05) is 53.5 Å². The van der Waals surface area contributed by atoms with Crippen LogP contribution in [0.3, 0.4) is 0 Å². The SMILES string of the molecule is O=C(NC[C@@H]1CCCO1)/C(=C\c1ccccc1)NC(=O)c1ccc(Cl)cc1Cl. The highest BCUT2D eigenvalue weighted by Gasteiger charge is 2.20. The molecule has 2 aromatic carbocycles. The maximum Gasteiger partial charge on any atom is 0.267 e. The molecule has 0 radical (unpaired) electrons. The summed E-state index contributed by atoms with van der Waals surface area (Å²) in [6.07, 6.45) is 3.51. The molecule has 0 unspecified atom stereocenters. The number of hydrogen-bond donors (Lipinski definition) is 2. The fraction of sp³-hybridized carbons (Fsp3) is 0.238. The molecule has 0 spiro atoms. The van der Waals surface area contributed by atoms with E-state index in [-0.39, 0.29) is 22.4 Å². The van der Waals surface area contributed by atoms with Gasteiger partial charge in [0.2, 0.25) is 0 Å². The molecule has 1 atom stereocenters. The standard InChI is InChI=1S/C21H20Cl2N2O3/c22-15-8-9-17(18(23)12-15)20(26)25-19(11-14-5-2-1-3-6-14)21(27)24-13-16-7-4-10-28-16/h1-3,5-6,8-9,11-12,16H,4,7,10,13H2,(H,24,27)(H,25,26)/b19-11+/t16-/m0/s1.